The van der Waals surface area contributed by atoms with Gasteiger partial charge in [-0.3, -0.25) is 19.6 Å². The predicted molar refractivity (Wildman–Crippen MR) is 88.8 cm³/mol. The number of aryl methyl sites for hydroxylation is 2. The first-order chi connectivity index (χ1) is 12.0. The number of carbonyl (C=O) groups excluding carboxylic acids is 1. The summed E-state index contributed by atoms with van der Waals surface area (Å²) in [6.45, 7) is 3.88. The Hall–Kier alpha value is -3.10. The monoisotopic (exact) mass is 346 g/mol. The molecule has 0 spiro atoms. The molecule has 25 heavy (non-hydrogen) atoms. The van der Waals surface area contributed by atoms with E-state index in [1.165, 1.54) is 0 Å². The fraction of sp³-hybridized carbons (Fsp3) is 0.375. The average Bonchev–Trinajstić information content (AvgIpc) is 3.11. The zero-order valence-corrected chi connectivity index (χ0v) is 13.9. The van der Waals surface area contributed by atoms with Gasteiger partial charge in [-0.05, 0) is 32.4 Å². The molecule has 0 unspecified atom stereocenters. The van der Waals surface area contributed by atoms with Crippen molar-refractivity contribution in [2.75, 3.05) is 12.1 Å². The quantitative estimate of drug-likeness (QED) is 0.636. The van der Waals surface area contributed by atoms with Crippen molar-refractivity contribution < 1.29 is 19.2 Å². The van der Waals surface area contributed by atoms with Crippen LogP contribution in [0.2, 0.25) is 0 Å². The molecule has 0 fully saturated rings. The number of benzene rings is 1. The molecule has 132 valence electrons. The van der Waals surface area contributed by atoms with Crippen LogP contribution in [0.15, 0.2) is 18.2 Å². The Labute approximate surface area is 143 Å². The van der Waals surface area contributed by atoms with Crippen LogP contribution in [0.5, 0.6) is 11.5 Å². The van der Waals surface area contributed by atoms with E-state index < -0.39 is 4.92 Å². The van der Waals surface area contributed by atoms with Crippen molar-refractivity contribution in [3.8, 4) is 11.5 Å². The highest BCUT2D eigenvalue weighted by Gasteiger charge is 2.21. The van der Waals surface area contributed by atoms with E-state index in [4.69, 9.17) is 9.47 Å². The highest BCUT2D eigenvalue weighted by atomic mass is 16.7. The second kappa shape index (κ2) is 6.80. The van der Waals surface area contributed by atoms with Gasteiger partial charge < -0.3 is 14.8 Å². The molecular weight excluding hydrogens is 328 g/mol. The number of rotatable bonds is 6. The van der Waals surface area contributed by atoms with Gasteiger partial charge in [0, 0.05) is 24.7 Å². The van der Waals surface area contributed by atoms with Crippen LogP contribution in [0.4, 0.5) is 11.4 Å². The number of carbonyl (C=O) groups is 1. The van der Waals surface area contributed by atoms with E-state index in [1.54, 1.807) is 36.7 Å². The van der Waals surface area contributed by atoms with Crippen LogP contribution in [-0.4, -0.2) is 27.4 Å². The van der Waals surface area contributed by atoms with Gasteiger partial charge in [-0.1, -0.05) is 0 Å². The largest absolute Gasteiger partial charge is 0.454 e. The zero-order valence-electron chi connectivity index (χ0n) is 13.9. The predicted octanol–water partition coefficient (Wildman–Crippen LogP) is 2.56. The minimum absolute atomic E-state index is 0.0322. The fourth-order valence-electron chi connectivity index (χ4n) is 2.76. The Balaban J connectivity index is 1.53. The lowest BCUT2D eigenvalue weighted by molar-refractivity contribution is -0.386. The van der Waals surface area contributed by atoms with Crippen molar-refractivity contribution in [3.63, 3.8) is 0 Å². The maximum absolute atomic E-state index is 12.0. The summed E-state index contributed by atoms with van der Waals surface area (Å²) in [6.07, 6.45) is 0.802. The number of aromatic nitrogens is 2. The highest BCUT2D eigenvalue weighted by Crippen LogP contribution is 2.34. The lowest BCUT2D eigenvalue weighted by Crippen LogP contribution is -2.13. The first kappa shape index (κ1) is 16.7. The second-order valence-electron chi connectivity index (χ2n) is 5.72. The summed E-state index contributed by atoms with van der Waals surface area (Å²) in [4.78, 5) is 22.6. The Morgan fingerprint density at radius 1 is 1.36 bits per heavy atom. The first-order valence-electron chi connectivity index (χ1n) is 7.83. The molecule has 2 heterocycles. The molecular formula is C16H18N4O5. The van der Waals surface area contributed by atoms with Crippen LogP contribution in [0, 0.1) is 24.0 Å². The Morgan fingerprint density at radius 3 is 2.84 bits per heavy atom. The molecule has 2 aromatic rings. The molecule has 0 atom stereocenters. The van der Waals surface area contributed by atoms with E-state index in [2.05, 4.69) is 10.4 Å². The number of fused-ring (bicyclic) bond motifs is 1. The summed E-state index contributed by atoms with van der Waals surface area (Å²) < 4.78 is 12.1. The Morgan fingerprint density at radius 2 is 2.12 bits per heavy atom. The lowest BCUT2D eigenvalue weighted by atomic mass is 10.2. The topological polar surface area (TPSA) is 109 Å². The van der Waals surface area contributed by atoms with Gasteiger partial charge in [-0.2, -0.15) is 5.10 Å². The third kappa shape index (κ3) is 3.54. The van der Waals surface area contributed by atoms with Gasteiger partial charge >= 0.3 is 5.69 Å². The summed E-state index contributed by atoms with van der Waals surface area (Å²) in [5, 5.41) is 18.0. The van der Waals surface area contributed by atoms with E-state index in [1.807, 2.05) is 0 Å². The van der Waals surface area contributed by atoms with Crippen molar-refractivity contribution in [1.29, 1.82) is 0 Å². The van der Waals surface area contributed by atoms with Crippen LogP contribution >= 0.6 is 0 Å². The second-order valence-corrected chi connectivity index (χ2v) is 5.72. The van der Waals surface area contributed by atoms with Crippen molar-refractivity contribution in [2.24, 2.45) is 0 Å². The summed E-state index contributed by atoms with van der Waals surface area (Å²) in [6, 6.07) is 5.20. The zero-order chi connectivity index (χ0) is 18.0. The van der Waals surface area contributed by atoms with E-state index in [-0.39, 0.29) is 24.8 Å². The SMILES string of the molecule is Cc1nn(CCCC(=O)Nc2ccc3c(c2)OCO3)c(C)c1[N+](=O)[O-]. The van der Waals surface area contributed by atoms with Gasteiger partial charge in [0.15, 0.2) is 11.5 Å². The number of hydrogen-bond donors (Lipinski definition) is 1. The molecule has 0 saturated carbocycles. The first-order valence-corrected chi connectivity index (χ1v) is 7.83. The molecule has 1 amide bonds. The molecule has 1 aromatic heterocycles. The van der Waals surface area contributed by atoms with Gasteiger partial charge in [0.2, 0.25) is 12.7 Å². The maximum Gasteiger partial charge on any atom is 0.312 e. The molecule has 3 rings (SSSR count). The van der Waals surface area contributed by atoms with Gasteiger partial charge in [0.25, 0.3) is 0 Å². The molecule has 9 heteroatoms. The van der Waals surface area contributed by atoms with E-state index >= 15 is 0 Å². The number of anilines is 1. The molecule has 1 N–H and O–H groups in total. The molecule has 1 aromatic carbocycles. The molecule has 1 aliphatic rings. The number of ether oxygens (including phenoxy) is 2. The molecule has 1 aliphatic heterocycles. The highest BCUT2D eigenvalue weighted by molar-refractivity contribution is 5.91. The third-order valence-corrected chi connectivity index (χ3v) is 3.96. The number of nitrogens with one attached hydrogen (secondary N) is 1. The standard InChI is InChI=1S/C16H18N4O5/c1-10-16(20(22)23)11(2)19(18-10)7-3-4-15(21)17-12-5-6-13-14(8-12)25-9-24-13/h5-6,8H,3-4,7,9H2,1-2H3,(H,17,21). The molecule has 0 aliphatic carbocycles. The summed E-state index contributed by atoms with van der Waals surface area (Å²) in [7, 11) is 0. The maximum atomic E-state index is 12.0. The minimum atomic E-state index is -0.430. The van der Waals surface area contributed by atoms with Crippen LogP contribution in [-0.2, 0) is 11.3 Å². The summed E-state index contributed by atoms with van der Waals surface area (Å²) in [5.41, 5.74) is 1.55. The number of nitro groups is 1. The van der Waals surface area contributed by atoms with Crippen LogP contribution in [0.3, 0.4) is 0 Å². The number of hydrogen-bond acceptors (Lipinski definition) is 6. The Bertz CT molecular complexity index is 830. The van der Waals surface area contributed by atoms with E-state index in [9.17, 15) is 14.9 Å². The fourth-order valence-corrected chi connectivity index (χ4v) is 2.76. The molecule has 0 bridgehead atoms. The summed E-state index contributed by atoms with van der Waals surface area (Å²) in [5.74, 6) is 1.12. The smallest absolute Gasteiger partial charge is 0.312 e. The van der Waals surface area contributed by atoms with Crippen LogP contribution < -0.4 is 14.8 Å². The van der Waals surface area contributed by atoms with Gasteiger partial charge in [0.05, 0.1) is 4.92 Å². The lowest BCUT2D eigenvalue weighted by Gasteiger charge is -2.07. The minimum Gasteiger partial charge on any atom is -0.454 e. The molecule has 0 saturated heterocycles. The van der Waals surface area contributed by atoms with Crippen molar-refractivity contribution >= 4 is 17.3 Å². The van der Waals surface area contributed by atoms with Gasteiger partial charge in [-0.25, -0.2) is 0 Å². The third-order valence-electron chi connectivity index (χ3n) is 3.96. The van der Waals surface area contributed by atoms with Gasteiger partial charge in [-0.15, -0.1) is 0 Å². The van der Waals surface area contributed by atoms with E-state index in [0.717, 1.165) is 0 Å². The van der Waals surface area contributed by atoms with Crippen molar-refractivity contribution in [1.82, 2.24) is 9.78 Å². The van der Waals surface area contributed by atoms with Crippen LogP contribution in [0.25, 0.3) is 0 Å². The normalized spacial score (nSPS) is 12.2. The number of nitrogens with zero attached hydrogens (tertiary/aromatic N) is 3. The van der Waals surface area contributed by atoms with E-state index in [0.29, 0.717) is 41.5 Å². The van der Waals surface area contributed by atoms with Crippen molar-refractivity contribution in [2.45, 2.75) is 33.2 Å². The van der Waals surface area contributed by atoms with Gasteiger partial charge in [0.1, 0.15) is 11.4 Å². The molecule has 0 radical (unpaired) electrons. The molecule has 9 nitrogen and oxygen atoms in total. The average molecular weight is 346 g/mol. The number of amides is 1. The van der Waals surface area contributed by atoms with Crippen molar-refractivity contribution in [3.05, 3.63) is 39.7 Å². The Kier molecular flexibility index (Phi) is 4.55. The van der Waals surface area contributed by atoms with Crippen LogP contribution in [0.1, 0.15) is 24.2 Å². The summed E-state index contributed by atoms with van der Waals surface area (Å²) >= 11 is 0.